The van der Waals surface area contributed by atoms with Crippen LogP contribution in [0.1, 0.15) is 64.2 Å². The number of ether oxygens (including phenoxy) is 1. The number of aryl methyl sites for hydroxylation is 1. The summed E-state index contributed by atoms with van der Waals surface area (Å²) in [4.78, 5) is 40.9. The normalized spacial score (nSPS) is 21.3. The van der Waals surface area contributed by atoms with Crippen molar-refractivity contribution in [2.45, 2.75) is 57.7 Å². The zero-order valence-electron chi connectivity index (χ0n) is 20.1. The summed E-state index contributed by atoms with van der Waals surface area (Å²) in [5.74, 6) is -0.503. The number of amides is 3. The largest absolute Gasteiger partial charge is 0.496 e. The fourth-order valence-electron chi connectivity index (χ4n) is 5.64. The highest BCUT2D eigenvalue weighted by Crippen LogP contribution is 2.38. The number of methoxy groups -OCH3 is 1. The molecule has 0 bridgehead atoms. The van der Waals surface area contributed by atoms with Crippen molar-refractivity contribution in [3.8, 4) is 5.75 Å². The zero-order chi connectivity index (χ0) is 24.7. The number of nitrogens with zero attached hydrogens (tertiary/aromatic N) is 2. The van der Waals surface area contributed by atoms with E-state index in [1.165, 1.54) is 11.0 Å². The van der Waals surface area contributed by atoms with Crippen LogP contribution in [-0.4, -0.2) is 53.8 Å². The van der Waals surface area contributed by atoms with Crippen LogP contribution in [0.15, 0.2) is 30.3 Å². The molecule has 35 heavy (non-hydrogen) atoms. The molecule has 5 rings (SSSR count). The first-order chi connectivity index (χ1) is 16.8. The lowest BCUT2D eigenvalue weighted by atomic mass is 9.85. The summed E-state index contributed by atoms with van der Waals surface area (Å²) in [7, 11) is 1.69. The van der Waals surface area contributed by atoms with Gasteiger partial charge in [-0.2, -0.15) is 0 Å². The van der Waals surface area contributed by atoms with Crippen LogP contribution in [0, 0.1) is 12.7 Å². The minimum absolute atomic E-state index is 0.144. The molecule has 0 radical (unpaired) electrons. The Morgan fingerprint density at radius 3 is 2.57 bits per heavy atom. The number of hydrogen-bond acceptors (Lipinski definition) is 5. The molecule has 1 unspecified atom stereocenters. The van der Waals surface area contributed by atoms with Gasteiger partial charge in [-0.15, -0.1) is 0 Å². The summed E-state index contributed by atoms with van der Waals surface area (Å²) < 4.78 is 20.2. The molecule has 2 fully saturated rings. The quantitative estimate of drug-likeness (QED) is 0.666. The highest BCUT2D eigenvalue weighted by molar-refractivity contribution is 6.05. The van der Waals surface area contributed by atoms with Gasteiger partial charge in [0.15, 0.2) is 0 Å². The second-order valence-corrected chi connectivity index (χ2v) is 9.79. The first kappa shape index (κ1) is 23.5. The highest BCUT2D eigenvalue weighted by atomic mass is 19.1. The molecular formula is C27H30FN3O4. The highest BCUT2D eigenvalue weighted by Gasteiger charge is 2.41. The molecule has 0 aromatic heterocycles. The Kier molecular flexibility index (Phi) is 6.32. The minimum atomic E-state index is -0.699. The summed E-state index contributed by atoms with van der Waals surface area (Å²) in [6.45, 7) is 4.83. The number of imide groups is 1. The molecular weight excluding hydrogens is 449 g/mol. The van der Waals surface area contributed by atoms with Gasteiger partial charge in [0, 0.05) is 30.6 Å². The lowest BCUT2D eigenvalue weighted by Gasteiger charge is -2.33. The molecule has 3 aliphatic heterocycles. The van der Waals surface area contributed by atoms with Gasteiger partial charge in [0.1, 0.15) is 17.6 Å². The van der Waals surface area contributed by atoms with Crippen molar-refractivity contribution in [1.82, 2.24) is 15.1 Å². The van der Waals surface area contributed by atoms with Crippen LogP contribution in [-0.2, 0) is 22.7 Å². The average Bonchev–Trinajstić information content (AvgIpc) is 3.16. The number of fused-ring (bicyclic) bond motifs is 1. The van der Waals surface area contributed by atoms with Crippen LogP contribution in [0.2, 0.25) is 0 Å². The van der Waals surface area contributed by atoms with E-state index < -0.39 is 17.8 Å². The van der Waals surface area contributed by atoms with Crippen LogP contribution in [0.25, 0.3) is 0 Å². The van der Waals surface area contributed by atoms with Crippen LogP contribution < -0.4 is 10.1 Å². The molecule has 0 saturated carbocycles. The van der Waals surface area contributed by atoms with E-state index in [1.54, 1.807) is 13.2 Å². The van der Waals surface area contributed by atoms with Crippen LogP contribution in [0.5, 0.6) is 5.75 Å². The summed E-state index contributed by atoms with van der Waals surface area (Å²) in [5.41, 5.74) is 4.34. The van der Waals surface area contributed by atoms with Crippen molar-refractivity contribution in [1.29, 1.82) is 0 Å². The van der Waals surface area contributed by atoms with Crippen LogP contribution in [0.4, 0.5) is 4.39 Å². The van der Waals surface area contributed by atoms with Gasteiger partial charge in [-0.1, -0.05) is 12.1 Å². The Bertz CT molecular complexity index is 1190. The summed E-state index contributed by atoms with van der Waals surface area (Å²) in [6, 6.07) is 8.38. The second-order valence-electron chi connectivity index (χ2n) is 9.79. The van der Waals surface area contributed by atoms with E-state index in [0.717, 1.165) is 60.5 Å². The van der Waals surface area contributed by atoms with Crippen molar-refractivity contribution in [2.24, 2.45) is 0 Å². The predicted octanol–water partition coefficient (Wildman–Crippen LogP) is 3.28. The zero-order valence-corrected chi connectivity index (χ0v) is 20.1. The van der Waals surface area contributed by atoms with E-state index in [1.807, 2.05) is 13.0 Å². The van der Waals surface area contributed by atoms with Gasteiger partial charge in [0.2, 0.25) is 11.8 Å². The topological polar surface area (TPSA) is 79.0 Å². The standard InChI is InChI=1S/C27H30FN3O4/c1-16-3-4-18(24(11-16)35-2)14-30-9-7-17(8-10-30)20-12-19(28)13-21-22(20)15-31(27(21)34)23-5-6-25(32)29-26(23)33/h3-4,11-13,17,23H,5-10,14-15H2,1-2H3,(H,29,32,33). The molecule has 1 atom stereocenters. The maximum Gasteiger partial charge on any atom is 0.255 e. The predicted molar refractivity (Wildman–Crippen MR) is 127 cm³/mol. The first-order valence-electron chi connectivity index (χ1n) is 12.2. The lowest BCUT2D eigenvalue weighted by Crippen LogP contribution is -2.52. The van der Waals surface area contributed by atoms with Crippen molar-refractivity contribution in [3.63, 3.8) is 0 Å². The van der Waals surface area contributed by atoms with Crippen LogP contribution in [0.3, 0.4) is 0 Å². The van der Waals surface area contributed by atoms with Crippen molar-refractivity contribution >= 4 is 17.7 Å². The third-order valence-corrected chi connectivity index (χ3v) is 7.52. The van der Waals surface area contributed by atoms with Gasteiger partial charge in [-0.25, -0.2) is 4.39 Å². The summed E-state index contributed by atoms with van der Waals surface area (Å²) >= 11 is 0. The van der Waals surface area contributed by atoms with Gasteiger partial charge in [0.05, 0.1) is 7.11 Å². The van der Waals surface area contributed by atoms with Crippen molar-refractivity contribution < 1.29 is 23.5 Å². The number of benzene rings is 2. The number of likely N-dealkylation sites (tertiary alicyclic amines) is 1. The number of halogens is 1. The Morgan fingerprint density at radius 1 is 1.09 bits per heavy atom. The third kappa shape index (κ3) is 4.55. The second kappa shape index (κ2) is 9.41. The molecule has 2 aromatic rings. The number of piperidine rings is 2. The van der Waals surface area contributed by atoms with Gasteiger partial charge in [-0.05, 0) is 80.1 Å². The Balaban J connectivity index is 1.31. The average molecular weight is 480 g/mol. The van der Waals surface area contributed by atoms with Crippen LogP contribution >= 0.6 is 0 Å². The number of rotatable bonds is 5. The molecule has 0 spiro atoms. The van der Waals surface area contributed by atoms with E-state index in [0.29, 0.717) is 12.0 Å². The number of carbonyl (C=O) groups excluding carboxylic acids is 3. The van der Waals surface area contributed by atoms with Gasteiger partial charge in [0.25, 0.3) is 5.91 Å². The Labute approximate surface area is 204 Å². The number of hydrogen-bond donors (Lipinski definition) is 1. The smallest absolute Gasteiger partial charge is 0.255 e. The van der Waals surface area contributed by atoms with E-state index >= 15 is 0 Å². The molecule has 7 nitrogen and oxygen atoms in total. The molecule has 0 aliphatic carbocycles. The monoisotopic (exact) mass is 479 g/mol. The maximum absolute atomic E-state index is 14.6. The van der Waals surface area contributed by atoms with Gasteiger partial charge < -0.3 is 9.64 Å². The fourth-order valence-corrected chi connectivity index (χ4v) is 5.64. The fraction of sp³-hybridized carbons (Fsp3) is 0.444. The summed E-state index contributed by atoms with van der Waals surface area (Å²) in [6.07, 6.45) is 2.21. The SMILES string of the molecule is COc1cc(C)ccc1CN1CCC(c2cc(F)cc3c2CN(C2CCC(=O)NC2=O)C3=O)CC1. The molecule has 1 N–H and O–H groups in total. The molecule has 3 heterocycles. The van der Waals surface area contributed by atoms with Crippen molar-refractivity contribution in [2.75, 3.05) is 20.2 Å². The van der Waals surface area contributed by atoms with E-state index in [-0.39, 0.29) is 30.7 Å². The maximum atomic E-state index is 14.6. The molecule has 2 aromatic carbocycles. The molecule has 3 amide bonds. The van der Waals surface area contributed by atoms with E-state index in [4.69, 9.17) is 4.74 Å². The lowest BCUT2D eigenvalue weighted by molar-refractivity contribution is -0.136. The van der Waals surface area contributed by atoms with Gasteiger partial charge in [-0.3, -0.25) is 24.6 Å². The van der Waals surface area contributed by atoms with E-state index in [9.17, 15) is 18.8 Å². The first-order valence-corrected chi connectivity index (χ1v) is 12.2. The molecule has 184 valence electrons. The molecule has 3 aliphatic rings. The minimum Gasteiger partial charge on any atom is -0.496 e. The Hall–Kier alpha value is -3.26. The van der Waals surface area contributed by atoms with Crippen molar-refractivity contribution in [3.05, 3.63) is 64.0 Å². The Morgan fingerprint density at radius 2 is 1.86 bits per heavy atom. The van der Waals surface area contributed by atoms with Gasteiger partial charge >= 0.3 is 0 Å². The third-order valence-electron chi connectivity index (χ3n) is 7.52. The number of carbonyl (C=O) groups is 3. The number of nitrogens with one attached hydrogen (secondary N) is 1. The molecule has 2 saturated heterocycles. The molecule has 8 heteroatoms. The summed E-state index contributed by atoms with van der Waals surface area (Å²) in [5, 5.41) is 2.32. The van der Waals surface area contributed by atoms with E-state index in [2.05, 4.69) is 22.3 Å².